The van der Waals surface area contributed by atoms with Gasteiger partial charge in [0.2, 0.25) is 0 Å². The van der Waals surface area contributed by atoms with E-state index in [1.807, 2.05) is 0 Å². The van der Waals surface area contributed by atoms with Crippen LogP contribution in [0.5, 0.6) is 0 Å². The van der Waals surface area contributed by atoms with Crippen molar-refractivity contribution in [2.45, 2.75) is 31.8 Å². The van der Waals surface area contributed by atoms with E-state index in [4.69, 9.17) is 0 Å². The van der Waals surface area contributed by atoms with Crippen molar-refractivity contribution in [2.75, 3.05) is 0 Å². The third kappa shape index (κ3) is 2.12. The number of halogens is 1. The molecule has 0 atom stereocenters. The summed E-state index contributed by atoms with van der Waals surface area (Å²) in [4.78, 5) is 0. The van der Waals surface area contributed by atoms with Gasteiger partial charge >= 0.3 is 0 Å². The number of hydrogen-bond donors (Lipinski definition) is 1. The third-order valence-electron chi connectivity index (χ3n) is 2.58. The van der Waals surface area contributed by atoms with Gasteiger partial charge in [0.25, 0.3) is 0 Å². The van der Waals surface area contributed by atoms with Gasteiger partial charge in [0.05, 0.1) is 5.60 Å². The summed E-state index contributed by atoms with van der Waals surface area (Å²) in [6.45, 7) is 2.07. The molecule has 1 fully saturated rings. The standard InChI is InChI=1S/C11H13BrO/c1-8-6-9(2-3-10(8)12)7-11(13)4-5-11/h2-3,6,13H,4-5,7H2,1H3. The normalized spacial score (nSPS) is 18.7. The number of benzene rings is 1. The van der Waals surface area contributed by atoms with Gasteiger partial charge in [-0.25, -0.2) is 0 Å². The lowest BCUT2D eigenvalue weighted by Crippen LogP contribution is -2.10. The number of hydrogen-bond acceptors (Lipinski definition) is 1. The molecule has 0 unspecified atom stereocenters. The predicted molar refractivity (Wildman–Crippen MR) is 56.8 cm³/mol. The van der Waals surface area contributed by atoms with E-state index in [1.54, 1.807) is 0 Å². The largest absolute Gasteiger partial charge is 0.390 e. The molecule has 0 heterocycles. The van der Waals surface area contributed by atoms with Crippen LogP contribution >= 0.6 is 15.9 Å². The summed E-state index contributed by atoms with van der Waals surface area (Å²) in [6.07, 6.45) is 2.73. The molecule has 0 radical (unpaired) electrons. The molecule has 0 spiro atoms. The molecule has 2 rings (SSSR count). The highest BCUT2D eigenvalue weighted by Crippen LogP contribution is 2.38. The lowest BCUT2D eigenvalue weighted by atomic mass is 10.0. The topological polar surface area (TPSA) is 20.2 Å². The molecule has 2 heteroatoms. The minimum absolute atomic E-state index is 0.375. The second kappa shape index (κ2) is 3.10. The molecule has 1 aromatic carbocycles. The molecule has 1 aliphatic carbocycles. The Morgan fingerprint density at radius 3 is 2.69 bits per heavy atom. The second-order valence-corrected chi connectivity index (χ2v) is 4.84. The molecule has 0 aromatic heterocycles. The summed E-state index contributed by atoms with van der Waals surface area (Å²) < 4.78 is 1.14. The highest BCUT2D eigenvalue weighted by molar-refractivity contribution is 9.10. The summed E-state index contributed by atoms with van der Waals surface area (Å²) in [5.41, 5.74) is 2.10. The molecule has 0 saturated heterocycles. The first-order chi connectivity index (χ1) is 6.09. The molecule has 1 nitrogen and oxygen atoms in total. The van der Waals surface area contributed by atoms with Crippen molar-refractivity contribution >= 4 is 15.9 Å². The van der Waals surface area contributed by atoms with Crippen molar-refractivity contribution in [3.63, 3.8) is 0 Å². The lowest BCUT2D eigenvalue weighted by molar-refractivity contribution is 0.151. The fraction of sp³-hybridized carbons (Fsp3) is 0.455. The van der Waals surface area contributed by atoms with Crippen molar-refractivity contribution in [1.82, 2.24) is 0 Å². The minimum Gasteiger partial charge on any atom is -0.390 e. The van der Waals surface area contributed by atoms with Crippen LogP contribution in [0.15, 0.2) is 22.7 Å². The summed E-state index contributed by atoms with van der Waals surface area (Å²) >= 11 is 3.46. The van der Waals surface area contributed by atoms with E-state index in [9.17, 15) is 5.11 Å². The number of aliphatic hydroxyl groups is 1. The Morgan fingerprint density at radius 2 is 2.15 bits per heavy atom. The highest BCUT2D eigenvalue weighted by atomic mass is 79.9. The maximum absolute atomic E-state index is 9.73. The zero-order valence-corrected chi connectivity index (χ0v) is 9.26. The molecule has 1 aliphatic rings. The minimum atomic E-state index is -0.375. The highest BCUT2D eigenvalue weighted by Gasteiger charge is 2.39. The zero-order chi connectivity index (χ0) is 9.47. The smallest absolute Gasteiger partial charge is 0.0690 e. The van der Waals surface area contributed by atoms with Crippen LogP contribution in [0.2, 0.25) is 0 Å². The van der Waals surface area contributed by atoms with Gasteiger partial charge in [-0.15, -0.1) is 0 Å². The van der Waals surface area contributed by atoms with Crippen molar-refractivity contribution in [1.29, 1.82) is 0 Å². The molecule has 1 N–H and O–H groups in total. The van der Waals surface area contributed by atoms with E-state index >= 15 is 0 Å². The summed E-state index contributed by atoms with van der Waals surface area (Å²) in [6, 6.07) is 6.27. The van der Waals surface area contributed by atoms with E-state index in [2.05, 4.69) is 41.1 Å². The van der Waals surface area contributed by atoms with E-state index in [0.29, 0.717) is 0 Å². The molecule has 70 valence electrons. The maximum Gasteiger partial charge on any atom is 0.0690 e. The molecule has 0 amide bonds. The van der Waals surface area contributed by atoms with Gasteiger partial charge < -0.3 is 5.11 Å². The van der Waals surface area contributed by atoms with Gasteiger partial charge in [0.1, 0.15) is 0 Å². The van der Waals surface area contributed by atoms with E-state index < -0.39 is 0 Å². The number of aryl methyl sites for hydroxylation is 1. The molecule has 1 aromatic rings. The van der Waals surface area contributed by atoms with Gasteiger partial charge in [0.15, 0.2) is 0 Å². The number of rotatable bonds is 2. The van der Waals surface area contributed by atoms with Gasteiger partial charge in [0, 0.05) is 10.9 Å². The zero-order valence-electron chi connectivity index (χ0n) is 7.68. The van der Waals surface area contributed by atoms with E-state index in [0.717, 1.165) is 23.7 Å². The van der Waals surface area contributed by atoms with Crippen LogP contribution in [-0.4, -0.2) is 10.7 Å². The second-order valence-electron chi connectivity index (χ2n) is 3.98. The quantitative estimate of drug-likeness (QED) is 0.844. The average molecular weight is 241 g/mol. The van der Waals surface area contributed by atoms with Gasteiger partial charge in [-0.05, 0) is 37.0 Å². The SMILES string of the molecule is Cc1cc(CC2(O)CC2)ccc1Br. The average Bonchev–Trinajstić information content (AvgIpc) is 2.76. The van der Waals surface area contributed by atoms with Gasteiger partial charge in [-0.2, -0.15) is 0 Å². The molecule has 1 saturated carbocycles. The van der Waals surface area contributed by atoms with Crippen molar-refractivity contribution in [2.24, 2.45) is 0 Å². The van der Waals surface area contributed by atoms with Crippen molar-refractivity contribution in [3.05, 3.63) is 33.8 Å². The Balaban J connectivity index is 2.17. The first-order valence-electron chi connectivity index (χ1n) is 4.56. The van der Waals surface area contributed by atoms with Crippen molar-refractivity contribution < 1.29 is 5.11 Å². The molecular weight excluding hydrogens is 228 g/mol. The Hall–Kier alpha value is -0.340. The van der Waals surface area contributed by atoms with Gasteiger partial charge in [-0.1, -0.05) is 28.1 Å². The molecular formula is C11H13BrO. The van der Waals surface area contributed by atoms with Crippen LogP contribution < -0.4 is 0 Å². The van der Waals surface area contributed by atoms with Crippen LogP contribution in [0.4, 0.5) is 0 Å². The van der Waals surface area contributed by atoms with Crippen LogP contribution in [-0.2, 0) is 6.42 Å². The first kappa shape index (κ1) is 9.22. The fourth-order valence-corrected chi connectivity index (χ4v) is 1.76. The van der Waals surface area contributed by atoms with Gasteiger partial charge in [-0.3, -0.25) is 0 Å². The Labute approximate surface area is 86.9 Å². The molecule has 13 heavy (non-hydrogen) atoms. The van der Waals surface area contributed by atoms with E-state index in [1.165, 1.54) is 11.1 Å². The maximum atomic E-state index is 9.73. The Bertz CT molecular complexity index is 329. The summed E-state index contributed by atoms with van der Waals surface area (Å²) in [7, 11) is 0. The predicted octanol–water partition coefficient (Wildman–Crippen LogP) is 2.82. The molecule has 0 bridgehead atoms. The van der Waals surface area contributed by atoms with Crippen LogP contribution in [0, 0.1) is 6.92 Å². The summed E-state index contributed by atoms with van der Waals surface area (Å²) in [5.74, 6) is 0. The van der Waals surface area contributed by atoms with Crippen LogP contribution in [0.1, 0.15) is 24.0 Å². The Kier molecular flexibility index (Phi) is 2.20. The molecule has 0 aliphatic heterocycles. The van der Waals surface area contributed by atoms with Crippen molar-refractivity contribution in [3.8, 4) is 0 Å². The Morgan fingerprint density at radius 1 is 1.46 bits per heavy atom. The fourth-order valence-electron chi connectivity index (χ4n) is 1.52. The monoisotopic (exact) mass is 240 g/mol. The summed E-state index contributed by atoms with van der Waals surface area (Å²) in [5, 5.41) is 9.73. The van der Waals surface area contributed by atoms with Crippen LogP contribution in [0.25, 0.3) is 0 Å². The third-order valence-corrected chi connectivity index (χ3v) is 3.47. The van der Waals surface area contributed by atoms with E-state index in [-0.39, 0.29) is 5.60 Å². The first-order valence-corrected chi connectivity index (χ1v) is 5.36. The van der Waals surface area contributed by atoms with Crippen LogP contribution in [0.3, 0.4) is 0 Å². The lowest BCUT2D eigenvalue weighted by Gasteiger charge is -2.08.